The second-order valence-corrected chi connectivity index (χ2v) is 8.28. The molecule has 0 bridgehead atoms. The number of benzene rings is 2. The Morgan fingerprint density at radius 1 is 1.03 bits per heavy atom. The lowest BCUT2D eigenvalue weighted by molar-refractivity contribution is -0.118. The number of aryl methyl sites for hydroxylation is 1. The molecule has 0 unspecified atom stereocenters. The molecule has 0 radical (unpaired) electrons. The molecule has 1 amide bonds. The van der Waals surface area contributed by atoms with Crippen LogP contribution >= 0.6 is 11.8 Å². The minimum Gasteiger partial charge on any atom is -0.348 e. The molecule has 1 N–H and O–H groups in total. The molecule has 1 aliphatic rings. The molecule has 162 valence electrons. The van der Waals surface area contributed by atoms with Crippen LogP contribution in [0.1, 0.15) is 18.1 Å². The number of rotatable bonds is 7. The number of carbonyl (C=O) groups is 1. The Labute approximate surface area is 187 Å². The van der Waals surface area contributed by atoms with Gasteiger partial charge in [-0.3, -0.25) is 9.36 Å². The largest absolute Gasteiger partial charge is 0.348 e. The summed E-state index contributed by atoms with van der Waals surface area (Å²) in [4.78, 5) is 12.5. The Bertz CT molecular complexity index is 1240. The number of aromatic nitrogens is 6. The molecule has 2 aromatic carbocycles. The molecule has 3 heterocycles. The Kier molecular flexibility index (Phi) is 5.68. The third-order valence-electron chi connectivity index (χ3n) is 5.21. The Balaban J connectivity index is 1.32. The summed E-state index contributed by atoms with van der Waals surface area (Å²) in [6, 6.07) is 15.7. The van der Waals surface area contributed by atoms with Gasteiger partial charge in [0.1, 0.15) is 11.6 Å². The molecular formula is C22H20FN7OS. The highest BCUT2D eigenvalue weighted by Crippen LogP contribution is 2.28. The van der Waals surface area contributed by atoms with Gasteiger partial charge in [-0.15, -0.1) is 20.4 Å². The molecule has 0 fully saturated rings. The van der Waals surface area contributed by atoms with Crippen molar-refractivity contribution in [1.82, 2.24) is 34.8 Å². The van der Waals surface area contributed by atoms with Crippen molar-refractivity contribution in [3.8, 4) is 17.1 Å². The fraction of sp³-hybridized carbons (Fsp3) is 0.227. The zero-order valence-corrected chi connectivity index (χ0v) is 17.9. The molecule has 32 heavy (non-hydrogen) atoms. The quantitative estimate of drug-likeness (QED) is 0.436. The average molecular weight is 450 g/mol. The molecule has 0 spiro atoms. The predicted octanol–water partition coefficient (Wildman–Crippen LogP) is 3.02. The molecule has 5 rings (SSSR count). The van der Waals surface area contributed by atoms with Crippen molar-refractivity contribution in [2.75, 3.05) is 5.75 Å². The molecule has 8 nitrogen and oxygen atoms in total. The van der Waals surface area contributed by atoms with E-state index in [-0.39, 0.29) is 17.5 Å². The van der Waals surface area contributed by atoms with E-state index in [1.165, 1.54) is 23.9 Å². The first kappa shape index (κ1) is 20.4. The number of hydrogen-bond acceptors (Lipinski definition) is 6. The highest BCUT2D eigenvalue weighted by Gasteiger charge is 2.19. The van der Waals surface area contributed by atoms with Crippen molar-refractivity contribution in [1.29, 1.82) is 0 Å². The number of amides is 1. The fourth-order valence-electron chi connectivity index (χ4n) is 3.66. The summed E-state index contributed by atoms with van der Waals surface area (Å²) in [6.07, 6.45) is 2.00. The number of thioether (sulfide) groups is 1. The van der Waals surface area contributed by atoms with Gasteiger partial charge in [0.2, 0.25) is 5.91 Å². The summed E-state index contributed by atoms with van der Waals surface area (Å²) in [7, 11) is 0. The number of fused-ring (bicyclic) bond motifs is 1. The van der Waals surface area contributed by atoms with Crippen LogP contribution in [0.25, 0.3) is 17.1 Å². The van der Waals surface area contributed by atoms with Gasteiger partial charge in [0.25, 0.3) is 0 Å². The van der Waals surface area contributed by atoms with E-state index in [1.807, 2.05) is 34.9 Å². The van der Waals surface area contributed by atoms with Crippen molar-refractivity contribution in [2.24, 2.45) is 0 Å². The fourth-order valence-corrected chi connectivity index (χ4v) is 4.44. The summed E-state index contributed by atoms with van der Waals surface area (Å²) in [5.74, 6) is 2.07. The molecule has 2 aromatic heterocycles. The Morgan fingerprint density at radius 2 is 1.84 bits per heavy atom. The lowest BCUT2D eigenvalue weighted by atomic mass is 10.2. The van der Waals surface area contributed by atoms with Crippen LogP contribution < -0.4 is 5.32 Å². The average Bonchev–Trinajstić information content (AvgIpc) is 3.54. The van der Waals surface area contributed by atoms with Gasteiger partial charge in [-0.1, -0.05) is 30.0 Å². The van der Waals surface area contributed by atoms with Crippen molar-refractivity contribution in [3.05, 3.63) is 72.1 Å². The summed E-state index contributed by atoms with van der Waals surface area (Å²) < 4.78 is 17.3. The Morgan fingerprint density at radius 3 is 2.66 bits per heavy atom. The monoisotopic (exact) mass is 449 g/mol. The highest BCUT2D eigenvalue weighted by atomic mass is 32.2. The summed E-state index contributed by atoms with van der Waals surface area (Å²) in [5, 5.41) is 20.4. The zero-order valence-electron chi connectivity index (χ0n) is 17.1. The van der Waals surface area contributed by atoms with Crippen LogP contribution in [0, 0.1) is 5.82 Å². The molecule has 0 atom stereocenters. The summed E-state index contributed by atoms with van der Waals surface area (Å²) in [6.45, 7) is 1.24. The lowest BCUT2D eigenvalue weighted by Gasteiger charge is -2.10. The van der Waals surface area contributed by atoms with Crippen LogP contribution in [0.4, 0.5) is 4.39 Å². The number of para-hydroxylation sites is 1. The Hall–Kier alpha value is -3.53. The van der Waals surface area contributed by atoms with Crippen molar-refractivity contribution in [3.63, 3.8) is 0 Å². The van der Waals surface area contributed by atoms with Crippen LogP contribution in [-0.2, 0) is 24.3 Å². The van der Waals surface area contributed by atoms with Gasteiger partial charge in [0, 0.05) is 24.2 Å². The topological polar surface area (TPSA) is 90.5 Å². The minimum absolute atomic E-state index is 0.128. The van der Waals surface area contributed by atoms with E-state index in [0.29, 0.717) is 17.5 Å². The number of nitrogens with one attached hydrogen (secondary N) is 1. The lowest BCUT2D eigenvalue weighted by Crippen LogP contribution is -2.26. The van der Waals surface area contributed by atoms with Crippen LogP contribution in [0.3, 0.4) is 0 Å². The number of carbonyl (C=O) groups excluding carboxylic acids is 1. The smallest absolute Gasteiger partial charge is 0.230 e. The third kappa shape index (κ3) is 4.13. The van der Waals surface area contributed by atoms with Crippen LogP contribution in [0.5, 0.6) is 0 Å². The standard InChI is InChI=1S/C22H20FN7OS/c23-16-10-8-15(9-11-16)21-27-28-22(30(21)17-5-2-1-3-6-17)32-14-20(31)24-13-19-26-25-18-7-4-12-29(18)19/h1-3,5-6,8-11H,4,7,12-14H2,(H,24,31). The van der Waals surface area contributed by atoms with E-state index in [4.69, 9.17) is 0 Å². The number of hydrogen-bond donors (Lipinski definition) is 1. The highest BCUT2D eigenvalue weighted by molar-refractivity contribution is 7.99. The molecule has 0 saturated heterocycles. The maximum Gasteiger partial charge on any atom is 0.230 e. The third-order valence-corrected chi connectivity index (χ3v) is 6.14. The minimum atomic E-state index is -0.316. The first-order valence-electron chi connectivity index (χ1n) is 10.3. The number of halogens is 1. The van der Waals surface area contributed by atoms with Crippen LogP contribution in [-0.4, -0.2) is 41.2 Å². The molecular weight excluding hydrogens is 429 g/mol. The first-order chi connectivity index (χ1) is 15.7. The maximum atomic E-state index is 13.4. The van der Waals surface area contributed by atoms with E-state index in [1.54, 1.807) is 12.1 Å². The first-order valence-corrected chi connectivity index (χ1v) is 11.2. The summed E-state index contributed by atoms with van der Waals surface area (Å²) in [5.41, 5.74) is 1.60. The SMILES string of the molecule is O=C(CSc1nnc(-c2ccc(F)cc2)n1-c1ccccc1)NCc1nnc2n1CCC2. The molecule has 4 aromatic rings. The van der Waals surface area contributed by atoms with Gasteiger partial charge in [-0.2, -0.15) is 0 Å². The normalized spacial score (nSPS) is 12.7. The predicted molar refractivity (Wildman–Crippen MR) is 118 cm³/mol. The van der Waals surface area contributed by atoms with Gasteiger partial charge in [-0.25, -0.2) is 4.39 Å². The van der Waals surface area contributed by atoms with Gasteiger partial charge in [-0.05, 0) is 42.8 Å². The van der Waals surface area contributed by atoms with Gasteiger partial charge >= 0.3 is 0 Å². The maximum absolute atomic E-state index is 13.4. The van der Waals surface area contributed by atoms with Crippen molar-refractivity contribution in [2.45, 2.75) is 31.1 Å². The second kappa shape index (κ2) is 8.91. The second-order valence-electron chi connectivity index (χ2n) is 7.34. The zero-order chi connectivity index (χ0) is 21.9. The van der Waals surface area contributed by atoms with E-state index in [9.17, 15) is 9.18 Å². The van der Waals surface area contributed by atoms with E-state index < -0.39 is 0 Å². The van der Waals surface area contributed by atoms with Gasteiger partial charge in [0.15, 0.2) is 16.8 Å². The molecule has 0 saturated carbocycles. The molecule has 1 aliphatic heterocycles. The van der Waals surface area contributed by atoms with Gasteiger partial charge < -0.3 is 9.88 Å². The van der Waals surface area contributed by atoms with Crippen LogP contribution in [0.2, 0.25) is 0 Å². The van der Waals surface area contributed by atoms with E-state index >= 15 is 0 Å². The van der Waals surface area contributed by atoms with Gasteiger partial charge in [0.05, 0.1) is 12.3 Å². The van der Waals surface area contributed by atoms with E-state index in [0.717, 1.165) is 42.3 Å². The van der Waals surface area contributed by atoms with Crippen molar-refractivity contribution < 1.29 is 9.18 Å². The number of nitrogens with zero attached hydrogens (tertiary/aromatic N) is 6. The van der Waals surface area contributed by atoms with Crippen LogP contribution in [0.15, 0.2) is 59.8 Å². The molecule has 10 heteroatoms. The summed E-state index contributed by atoms with van der Waals surface area (Å²) >= 11 is 1.29. The molecule has 0 aliphatic carbocycles. The van der Waals surface area contributed by atoms with Crippen molar-refractivity contribution >= 4 is 17.7 Å². The van der Waals surface area contributed by atoms with E-state index in [2.05, 4.69) is 30.3 Å².